The lowest BCUT2D eigenvalue weighted by molar-refractivity contribution is -0.137. The van der Waals surface area contributed by atoms with Gasteiger partial charge in [-0.25, -0.2) is 0 Å². The van der Waals surface area contributed by atoms with E-state index in [0.717, 1.165) is 5.56 Å². The summed E-state index contributed by atoms with van der Waals surface area (Å²) < 4.78 is 34.4. The summed E-state index contributed by atoms with van der Waals surface area (Å²) in [5, 5.41) is 8.85. The Kier molecular flexibility index (Phi) is 7.74. The number of alkyl halides is 2. The van der Waals surface area contributed by atoms with Crippen LogP contribution in [0.4, 0.5) is 8.78 Å². The first kappa shape index (κ1) is 21.1. The van der Waals surface area contributed by atoms with Crippen LogP contribution in [-0.2, 0) is 11.3 Å². The van der Waals surface area contributed by atoms with Crippen LogP contribution in [0.25, 0.3) is 0 Å². The van der Waals surface area contributed by atoms with Crippen molar-refractivity contribution in [2.24, 2.45) is 0 Å². The zero-order chi connectivity index (χ0) is 20.5. The monoisotopic (exact) mass is 393 g/mol. The molecule has 0 atom stereocenters. The van der Waals surface area contributed by atoms with Gasteiger partial charge in [0.15, 0.2) is 11.5 Å². The van der Waals surface area contributed by atoms with Crippen LogP contribution in [0.2, 0.25) is 0 Å². The van der Waals surface area contributed by atoms with Crippen LogP contribution in [0.5, 0.6) is 11.5 Å². The number of rotatable bonds is 10. The van der Waals surface area contributed by atoms with Gasteiger partial charge in [-0.3, -0.25) is 9.59 Å². The van der Waals surface area contributed by atoms with E-state index >= 15 is 0 Å². The molecule has 0 aliphatic heterocycles. The molecule has 1 amide bonds. The molecule has 0 aliphatic rings. The van der Waals surface area contributed by atoms with Crippen LogP contribution in [0, 0.1) is 0 Å². The van der Waals surface area contributed by atoms with Gasteiger partial charge in [0.2, 0.25) is 0 Å². The fourth-order valence-corrected chi connectivity index (χ4v) is 2.65. The van der Waals surface area contributed by atoms with Gasteiger partial charge in [0.05, 0.1) is 7.11 Å². The number of carbonyl (C=O) groups excluding carboxylic acids is 1. The van der Waals surface area contributed by atoms with E-state index in [1.54, 1.807) is 0 Å². The van der Waals surface area contributed by atoms with Crippen molar-refractivity contribution in [1.29, 1.82) is 0 Å². The molecule has 0 saturated heterocycles. The van der Waals surface area contributed by atoms with Crippen LogP contribution in [0.15, 0.2) is 48.5 Å². The highest BCUT2D eigenvalue weighted by Crippen LogP contribution is 2.30. The first-order valence-electron chi connectivity index (χ1n) is 8.58. The highest BCUT2D eigenvalue weighted by molar-refractivity contribution is 5.95. The Hall–Kier alpha value is -3.16. The Morgan fingerprint density at radius 3 is 2.43 bits per heavy atom. The van der Waals surface area contributed by atoms with Gasteiger partial charge >= 0.3 is 12.6 Å². The standard InChI is InChI=1S/C20H21F2NO5/c1-27-17-12-15(9-10-16(17)28-20(21)22)19(26)23(11-5-8-18(24)25)13-14-6-3-2-4-7-14/h2-4,6-7,9-10,12,20H,5,8,11,13H2,1H3,(H,24,25). The molecule has 0 heterocycles. The summed E-state index contributed by atoms with van der Waals surface area (Å²) in [5.41, 5.74) is 1.11. The quantitative estimate of drug-likeness (QED) is 0.664. The van der Waals surface area contributed by atoms with E-state index in [1.807, 2.05) is 30.3 Å². The first-order chi connectivity index (χ1) is 13.4. The number of methoxy groups -OCH3 is 1. The molecule has 150 valence electrons. The second-order valence-electron chi connectivity index (χ2n) is 5.95. The minimum Gasteiger partial charge on any atom is -0.493 e. The van der Waals surface area contributed by atoms with Gasteiger partial charge in [0, 0.05) is 25.1 Å². The predicted molar refractivity (Wildman–Crippen MR) is 97.7 cm³/mol. The van der Waals surface area contributed by atoms with Crippen molar-refractivity contribution in [1.82, 2.24) is 4.90 Å². The molecule has 6 nitrogen and oxygen atoms in total. The molecule has 2 rings (SSSR count). The molecule has 2 aromatic rings. The zero-order valence-corrected chi connectivity index (χ0v) is 15.3. The Bertz CT molecular complexity index is 798. The smallest absolute Gasteiger partial charge is 0.387 e. The molecular weight excluding hydrogens is 372 g/mol. The highest BCUT2D eigenvalue weighted by atomic mass is 19.3. The average molecular weight is 393 g/mol. The van der Waals surface area contributed by atoms with Gasteiger partial charge in [0.25, 0.3) is 5.91 Å². The number of nitrogens with zero attached hydrogens (tertiary/aromatic N) is 1. The number of halogens is 2. The summed E-state index contributed by atoms with van der Waals surface area (Å²) in [6.07, 6.45) is 0.223. The van der Waals surface area contributed by atoms with Crippen molar-refractivity contribution in [2.45, 2.75) is 26.0 Å². The topological polar surface area (TPSA) is 76.1 Å². The third-order valence-electron chi connectivity index (χ3n) is 3.95. The van der Waals surface area contributed by atoms with Crippen molar-refractivity contribution in [3.05, 3.63) is 59.7 Å². The van der Waals surface area contributed by atoms with E-state index in [4.69, 9.17) is 9.84 Å². The minimum absolute atomic E-state index is 0.0105. The van der Waals surface area contributed by atoms with Crippen LogP contribution in [0.1, 0.15) is 28.8 Å². The summed E-state index contributed by atoms with van der Waals surface area (Å²) in [6.45, 7) is -2.49. The number of carbonyl (C=O) groups is 2. The van der Waals surface area contributed by atoms with Gasteiger partial charge in [-0.1, -0.05) is 30.3 Å². The fraction of sp³-hybridized carbons (Fsp3) is 0.300. The van der Waals surface area contributed by atoms with Crippen molar-refractivity contribution in [2.75, 3.05) is 13.7 Å². The number of amides is 1. The lowest BCUT2D eigenvalue weighted by Gasteiger charge is -2.23. The highest BCUT2D eigenvalue weighted by Gasteiger charge is 2.19. The Labute approximate surface area is 161 Å². The predicted octanol–water partition coefficient (Wildman–Crippen LogP) is 3.80. The molecule has 28 heavy (non-hydrogen) atoms. The van der Waals surface area contributed by atoms with Gasteiger partial charge in [-0.2, -0.15) is 8.78 Å². The third kappa shape index (κ3) is 6.22. The van der Waals surface area contributed by atoms with Crippen LogP contribution >= 0.6 is 0 Å². The maximum atomic E-state index is 13.0. The van der Waals surface area contributed by atoms with E-state index in [2.05, 4.69) is 4.74 Å². The molecule has 8 heteroatoms. The molecule has 0 radical (unpaired) electrons. The Morgan fingerprint density at radius 1 is 1.11 bits per heavy atom. The van der Waals surface area contributed by atoms with E-state index in [-0.39, 0.29) is 48.9 Å². The van der Waals surface area contributed by atoms with E-state index in [9.17, 15) is 18.4 Å². The number of hydrogen-bond donors (Lipinski definition) is 1. The largest absolute Gasteiger partial charge is 0.493 e. The molecule has 0 aromatic heterocycles. The lowest BCUT2D eigenvalue weighted by Crippen LogP contribution is -2.32. The number of carboxylic acids is 1. The van der Waals surface area contributed by atoms with Gasteiger partial charge in [-0.15, -0.1) is 0 Å². The molecule has 0 aliphatic carbocycles. The molecular formula is C20H21F2NO5. The van der Waals surface area contributed by atoms with Gasteiger partial charge in [-0.05, 0) is 30.2 Å². The second-order valence-corrected chi connectivity index (χ2v) is 5.95. The van der Waals surface area contributed by atoms with E-state index < -0.39 is 12.6 Å². The SMILES string of the molecule is COc1cc(C(=O)N(CCCC(=O)O)Cc2ccccc2)ccc1OC(F)F. The normalized spacial score (nSPS) is 10.6. The van der Waals surface area contributed by atoms with E-state index in [0.29, 0.717) is 0 Å². The lowest BCUT2D eigenvalue weighted by atomic mass is 10.1. The Morgan fingerprint density at radius 2 is 1.82 bits per heavy atom. The van der Waals surface area contributed by atoms with Crippen molar-refractivity contribution in [3.8, 4) is 11.5 Å². The van der Waals surface area contributed by atoms with Crippen molar-refractivity contribution in [3.63, 3.8) is 0 Å². The number of carboxylic acid groups (broad SMARTS) is 1. The number of ether oxygens (including phenoxy) is 2. The summed E-state index contributed by atoms with van der Waals surface area (Å²) in [7, 11) is 1.29. The summed E-state index contributed by atoms with van der Waals surface area (Å²) in [4.78, 5) is 25.3. The molecule has 0 unspecified atom stereocenters. The molecule has 0 bridgehead atoms. The number of hydrogen-bond acceptors (Lipinski definition) is 4. The maximum Gasteiger partial charge on any atom is 0.387 e. The molecule has 2 aromatic carbocycles. The van der Waals surface area contributed by atoms with Gasteiger partial charge < -0.3 is 19.5 Å². The second kappa shape index (κ2) is 10.2. The minimum atomic E-state index is -3.01. The fourth-order valence-electron chi connectivity index (χ4n) is 2.65. The number of benzene rings is 2. The van der Waals surface area contributed by atoms with Crippen molar-refractivity contribution >= 4 is 11.9 Å². The summed E-state index contributed by atoms with van der Waals surface area (Å²) >= 11 is 0. The van der Waals surface area contributed by atoms with Crippen LogP contribution < -0.4 is 9.47 Å². The average Bonchev–Trinajstić information content (AvgIpc) is 2.67. The van der Waals surface area contributed by atoms with Crippen LogP contribution in [-0.4, -0.2) is 42.1 Å². The Balaban J connectivity index is 2.23. The molecule has 0 fully saturated rings. The molecule has 1 N–H and O–H groups in total. The summed E-state index contributed by atoms with van der Waals surface area (Å²) in [5.74, 6) is -1.47. The third-order valence-corrected chi connectivity index (χ3v) is 3.95. The maximum absolute atomic E-state index is 13.0. The van der Waals surface area contributed by atoms with Gasteiger partial charge in [0.1, 0.15) is 0 Å². The van der Waals surface area contributed by atoms with E-state index in [1.165, 1.54) is 30.2 Å². The summed E-state index contributed by atoms with van der Waals surface area (Å²) in [6, 6.07) is 13.2. The van der Waals surface area contributed by atoms with Crippen LogP contribution in [0.3, 0.4) is 0 Å². The zero-order valence-electron chi connectivity index (χ0n) is 15.3. The number of aliphatic carboxylic acids is 1. The van der Waals surface area contributed by atoms with Crippen molar-refractivity contribution < 1.29 is 33.0 Å². The first-order valence-corrected chi connectivity index (χ1v) is 8.58. The molecule has 0 spiro atoms. The molecule has 0 saturated carbocycles.